The predicted molar refractivity (Wildman–Crippen MR) is 88.5 cm³/mol. The van der Waals surface area contributed by atoms with E-state index in [1.165, 1.54) is 0 Å². The molecule has 1 rings (SSSR count). The lowest BCUT2D eigenvalue weighted by atomic mass is 9.96. The molecule has 0 aliphatic carbocycles. The molecule has 0 atom stereocenters. The van der Waals surface area contributed by atoms with Gasteiger partial charge in [0.05, 0.1) is 25.6 Å². The molecule has 0 spiro atoms. The monoisotopic (exact) mass is 336 g/mol. The Labute approximate surface area is 135 Å². The Hall–Kier alpha value is -0.210. The van der Waals surface area contributed by atoms with E-state index in [-0.39, 0.29) is 12.4 Å². The molecule has 1 aliphatic rings. The minimum Gasteiger partial charge on any atom is -0.382 e. The number of hydrogen-bond donors (Lipinski definition) is 1. The van der Waals surface area contributed by atoms with Crippen molar-refractivity contribution in [3.8, 4) is 0 Å². The Morgan fingerprint density at radius 1 is 1.18 bits per heavy atom. The molecule has 0 bridgehead atoms. The van der Waals surface area contributed by atoms with E-state index in [1.54, 1.807) is 7.11 Å². The zero-order valence-electron chi connectivity index (χ0n) is 14.2. The molecule has 132 valence electrons. The summed E-state index contributed by atoms with van der Waals surface area (Å²) in [5, 5.41) is 0. The zero-order chi connectivity index (χ0) is 16.4. The van der Waals surface area contributed by atoms with Crippen LogP contribution in [0.25, 0.3) is 0 Å². The molecule has 7 heteroatoms. The van der Waals surface area contributed by atoms with Gasteiger partial charge in [0.2, 0.25) is 10.0 Å². The van der Waals surface area contributed by atoms with Crippen molar-refractivity contribution in [1.82, 2.24) is 9.62 Å². The number of hydrogen-bond acceptors (Lipinski definition) is 5. The summed E-state index contributed by atoms with van der Waals surface area (Å²) in [4.78, 5) is 2.47. The zero-order valence-corrected chi connectivity index (χ0v) is 15.0. The molecule has 1 heterocycles. The molecule has 0 amide bonds. The summed E-state index contributed by atoms with van der Waals surface area (Å²) in [7, 11) is -1.64. The topological polar surface area (TPSA) is 67.9 Å². The highest BCUT2D eigenvalue weighted by molar-refractivity contribution is 7.89. The molecule has 0 aromatic rings. The van der Waals surface area contributed by atoms with Crippen molar-refractivity contribution in [3.05, 3.63) is 0 Å². The molecular formula is C15H32N2O4S. The van der Waals surface area contributed by atoms with Crippen LogP contribution in [0.15, 0.2) is 0 Å². The van der Waals surface area contributed by atoms with Gasteiger partial charge in [-0.15, -0.1) is 0 Å². The molecule has 1 fully saturated rings. The summed E-state index contributed by atoms with van der Waals surface area (Å²) in [5.41, 5.74) is 0. The number of methoxy groups -OCH3 is 1. The number of likely N-dealkylation sites (tertiary alicyclic amines) is 1. The number of nitrogens with one attached hydrogen (secondary N) is 1. The van der Waals surface area contributed by atoms with Crippen molar-refractivity contribution < 1.29 is 17.9 Å². The van der Waals surface area contributed by atoms with Gasteiger partial charge >= 0.3 is 0 Å². The van der Waals surface area contributed by atoms with Gasteiger partial charge in [-0.05, 0) is 37.8 Å². The fourth-order valence-corrected chi connectivity index (χ4v) is 3.59. The maximum atomic E-state index is 11.9. The average Bonchev–Trinajstić information content (AvgIpc) is 2.46. The molecule has 0 saturated carbocycles. The standard InChI is InChI=1S/C15H32N2O4S/c1-14(2)13-17-6-4-15(5-7-17)12-16-22(18,19)11-10-21-9-8-20-3/h14-16H,4-13H2,1-3H3. The molecule has 0 aromatic carbocycles. The Morgan fingerprint density at radius 2 is 1.86 bits per heavy atom. The van der Waals surface area contributed by atoms with Crippen LogP contribution in [0.2, 0.25) is 0 Å². The second-order valence-electron chi connectivity index (χ2n) is 6.41. The minimum atomic E-state index is -3.23. The van der Waals surface area contributed by atoms with Gasteiger partial charge in [0.25, 0.3) is 0 Å². The first kappa shape index (κ1) is 19.8. The summed E-state index contributed by atoms with van der Waals surface area (Å²) < 4.78 is 36.5. The van der Waals surface area contributed by atoms with Gasteiger partial charge in [-0.1, -0.05) is 13.8 Å². The molecule has 0 radical (unpaired) electrons. The Balaban J connectivity index is 2.15. The van der Waals surface area contributed by atoms with Crippen LogP contribution in [0, 0.1) is 11.8 Å². The SMILES string of the molecule is COCCOCCS(=O)(=O)NCC1CCN(CC(C)C)CC1. The van der Waals surface area contributed by atoms with Gasteiger partial charge < -0.3 is 14.4 Å². The molecular weight excluding hydrogens is 304 g/mol. The molecule has 6 nitrogen and oxygen atoms in total. The maximum Gasteiger partial charge on any atom is 0.213 e. The van der Waals surface area contributed by atoms with Crippen LogP contribution in [-0.4, -0.2) is 72.2 Å². The van der Waals surface area contributed by atoms with E-state index < -0.39 is 10.0 Å². The molecule has 1 aliphatic heterocycles. The summed E-state index contributed by atoms with van der Waals surface area (Å²) in [6.45, 7) is 9.43. The van der Waals surface area contributed by atoms with Gasteiger partial charge in [0, 0.05) is 20.2 Å². The third-order valence-corrected chi connectivity index (χ3v) is 5.16. The van der Waals surface area contributed by atoms with E-state index in [2.05, 4.69) is 23.5 Å². The van der Waals surface area contributed by atoms with Crippen LogP contribution >= 0.6 is 0 Å². The smallest absolute Gasteiger partial charge is 0.213 e. The van der Waals surface area contributed by atoms with Gasteiger partial charge in [0.15, 0.2) is 0 Å². The van der Waals surface area contributed by atoms with Crippen LogP contribution in [0.3, 0.4) is 0 Å². The van der Waals surface area contributed by atoms with Crippen molar-refractivity contribution in [2.24, 2.45) is 11.8 Å². The van der Waals surface area contributed by atoms with Crippen LogP contribution in [0.5, 0.6) is 0 Å². The number of sulfonamides is 1. The lowest BCUT2D eigenvalue weighted by Crippen LogP contribution is -2.40. The second kappa shape index (κ2) is 10.5. The summed E-state index contributed by atoms with van der Waals surface area (Å²) in [6.07, 6.45) is 2.14. The van der Waals surface area contributed by atoms with Gasteiger partial charge in [0.1, 0.15) is 0 Å². The maximum absolute atomic E-state index is 11.9. The van der Waals surface area contributed by atoms with Crippen molar-refractivity contribution in [2.45, 2.75) is 26.7 Å². The highest BCUT2D eigenvalue weighted by Crippen LogP contribution is 2.17. The number of rotatable bonds is 11. The first-order valence-corrected chi connectivity index (χ1v) is 9.84. The summed E-state index contributed by atoms with van der Waals surface area (Å²) in [5.74, 6) is 1.16. The van der Waals surface area contributed by atoms with Gasteiger partial charge in [-0.3, -0.25) is 0 Å². The van der Waals surface area contributed by atoms with Crippen LogP contribution in [0.1, 0.15) is 26.7 Å². The molecule has 0 aromatic heterocycles. The first-order chi connectivity index (χ1) is 10.4. The first-order valence-electron chi connectivity index (χ1n) is 8.19. The number of ether oxygens (including phenoxy) is 2. The Bertz CT molecular complexity index is 379. The highest BCUT2D eigenvalue weighted by Gasteiger charge is 2.21. The molecule has 0 unspecified atom stereocenters. The van der Waals surface area contributed by atoms with E-state index >= 15 is 0 Å². The van der Waals surface area contributed by atoms with E-state index in [1.807, 2.05) is 0 Å². The summed E-state index contributed by atoms with van der Waals surface area (Å²) >= 11 is 0. The second-order valence-corrected chi connectivity index (χ2v) is 8.34. The Morgan fingerprint density at radius 3 is 2.45 bits per heavy atom. The molecule has 1 N–H and O–H groups in total. The fraction of sp³-hybridized carbons (Fsp3) is 1.00. The third kappa shape index (κ3) is 9.05. The quantitative estimate of drug-likeness (QED) is 0.569. The highest BCUT2D eigenvalue weighted by atomic mass is 32.2. The minimum absolute atomic E-state index is 0.0168. The van der Waals surface area contributed by atoms with Crippen LogP contribution in [0.4, 0.5) is 0 Å². The van der Waals surface area contributed by atoms with Gasteiger partial charge in [-0.25, -0.2) is 13.1 Å². The van der Waals surface area contributed by atoms with Crippen molar-refractivity contribution >= 4 is 10.0 Å². The lowest BCUT2D eigenvalue weighted by molar-refractivity contribution is 0.0784. The van der Waals surface area contributed by atoms with E-state index in [0.29, 0.717) is 31.6 Å². The van der Waals surface area contributed by atoms with Gasteiger partial charge in [-0.2, -0.15) is 0 Å². The fourth-order valence-electron chi connectivity index (χ4n) is 2.62. The van der Waals surface area contributed by atoms with Crippen molar-refractivity contribution in [3.63, 3.8) is 0 Å². The lowest BCUT2D eigenvalue weighted by Gasteiger charge is -2.32. The largest absolute Gasteiger partial charge is 0.382 e. The van der Waals surface area contributed by atoms with Crippen LogP contribution in [-0.2, 0) is 19.5 Å². The average molecular weight is 336 g/mol. The predicted octanol–water partition coefficient (Wildman–Crippen LogP) is 0.937. The van der Waals surface area contributed by atoms with E-state index in [9.17, 15) is 8.42 Å². The third-order valence-electron chi connectivity index (χ3n) is 3.85. The van der Waals surface area contributed by atoms with E-state index in [0.717, 1.165) is 32.5 Å². The number of nitrogens with zero attached hydrogens (tertiary/aromatic N) is 1. The van der Waals surface area contributed by atoms with Crippen molar-refractivity contribution in [1.29, 1.82) is 0 Å². The normalized spacial score (nSPS) is 18.2. The summed E-state index contributed by atoms with van der Waals surface area (Å²) in [6, 6.07) is 0. The Kier molecular flexibility index (Phi) is 9.51. The van der Waals surface area contributed by atoms with E-state index in [4.69, 9.17) is 9.47 Å². The number of piperidine rings is 1. The van der Waals surface area contributed by atoms with Crippen LogP contribution < -0.4 is 4.72 Å². The van der Waals surface area contributed by atoms with Crippen molar-refractivity contribution in [2.75, 3.05) is 58.9 Å². The molecule has 22 heavy (non-hydrogen) atoms. The molecule has 1 saturated heterocycles.